The van der Waals surface area contributed by atoms with E-state index >= 15 is 0 Å². The zero-order chi connectivity index (χ0) is 12.4. The summed E-state index contributed by atoms with van der Waals surface area (Å²) in [6.07, 6.45) is 9.88. The maximum Gasteiger partial charge on any atom is 0.0857 e. The largest absolute Gasteiger partial charge is 0.378 e. The quantitative estimate of drug-likeness (QED) is 0.820. The van der Waals surface area contributed by atoms with E-state index in [-0.39, 0.29) is 5.60 Å². The van der Waals surface area contributed by atoms with Crippen LogP contribution in [0.25, 0.3) is 0 Å². The van der Waals surface area contributed by atoms with Gasteiger partial charge in [-0.15, -0.1) is 0 Å². The Balaban J connectivity index is 1.57. The molecule has 104 valence electrons. The smallest absolute Gasteiger partial charge is 0.0857 e. The average Bonchev–Trinajstić information content (AvgIpc) is 2.81. The third-order valence-electron chi connectivity index (χ3n) is 4.93. The van der Waals surface area contributed by atoms with Crippen LogP contribution in [-0.4, -0.2) is 37.5 Å². The first-order valence-corrected chi connectivity index (χ1v) is 7.76. The summed E-state index contributed by atoms with van der Waals surface area (Å²) in [4.78, 5) is 0. The lowest BCUT2D eigenvalue weighted by molar-refractivity contribution is -0.178. The van der Waals surface area contributed by atoms with Crippen LogP contribution in [0.2, 0.25) is 0 Å². The monoisotopic (exact) mass is 253 g/mol. The van der Waals surface area contributed by atoms with Crippen LogP contribution < -0.4 is 5.32 Å². The van der Waals surface area contributed by atoms with Crippen molar-refractivity contribution in [1.29, 1.82) is 0 Å². The molecule has 0 aromatic carbocycles. The summed E-state index contributed by atoms with van der Waals surface area (Å²) in [5.74, 6) is 0.921. The summed E-state index contributed by atoms with van der Waals surface area (Å²) in [6, 6.07) is 0. The summed E-state index contributed by atoms with van der Waals surface area (Å²) in [5, 5.41) is 3.61. The number of nitrogens with one attached hydrogen (secondary N) is 1. The number of hydrogen-bond acceptors (Lipinski definition) is 3. The van der Waals surface area contributed by atoms with Crippen molar-refractivity contribution in [2.24, 2.45) is 5.92 Å². The van der Waals surface area contributed by atoms with Gasteiger partial charge in [0.1, 0.15) is 0 Å². The van der Waals surface area contributed by atoms with Crippen LogP contribution >= 0.6 is 0 Å². The van der Waals surface area contributed by atoms with E-state index in [1.165, 1.54) is 32.1 Å². The van der Waals surface area contributed by atoms with Crippen LogP contribution in [0.4, 0.5) is 0 Å². The fourth-order valence-electron chi connectivity index (χ4n) is 4.05. The van der Waals surface area contributed by atoms with E-state index in [1.54, 1.807) is 0 Å². The molecule has 3 heteroatoms. The lowest BCUT2D eigenvalue weighted by Gasteiger charge is -2.46. The van der Waals surface area contributed by atoms with Gasteiger partial charge in [-0.1, -0.05) is 25.7 Å². The second-order valence-corrected chi connectivity index (χ2v) is 6.58. The molecule has 2 aliphatic heterocycles. The van der Waals surface area contributed by atoms with Gasteiger partial charge in [-0.2, -0.15) is 0 Å². The van der Waals surface area contributed by atoms with Crippen molar-refractivity contribution in [3.05, 3.63) is 0 Å². The SMILES string of the molecule is CC1CC2(CCO1)CNCC(CC1CCCC1)O2. The van der Waals surface area contributed by atoms with Crippen LogP contribution in [0.5, 0.6) is 0 Å². The van der Waals surface area contributed by atoms with Gasteiger partial charge in [-0.3, -0.25) is 0 Å². The highest BCUT2D eigenvalue weighted by Gasteiger charge is 2.41. The molecular formula is C15H27NO2. The molecule has 2 saturated heterocycles. The van der Waals surface area contributed by atoms with Gasteiger partial charge in [0, 0.05) is 32.5 Å². The van der Waals surface area contributed by atoms with Gasteiger partial charge in [0.05, 0.1) is 17.8 Å². The Morgan fingerprint density at radius 2 is 2.11 bits per heavy atom. The number of morpholine rings is 1. The standard InChI is InChI=1S/C15H27NO2/c1-12-9-15(6-7-17-12)11-16-10-14(18-15)8-13-4-2-3-5-13/h12-14,16H,2-11H2,1H3. The zero-order valence-electron chi connectivity index (χ0n) is 11.6. The van der Waals surface area contributed by atoms with Crippen LogP contribution in [0.15, 0.2) is 0 Å². The molecule has 0 amide bonds. The molecule has 3 fully saturated rings. The average molecular weight is 253 g/mol. The van der Waals surface area contributed by atoms with Gasteiger partial charge in [0.15, 0.2) is 0 Å². The minimum Gasteiger partial charge on any atom is -0.378 e. The molecule has 1 aliphatic carbocycles. The van der Waals surface area contributed by atoms with Gasteiger partial charge in [-0.25, -0.2) is 0 Å². The van der Waals surface area contributed by atoms with Crippen molar-refractivity contribution >= 4 is 0 Å². The van der Waals surface area contributed by atoms with Crippen LogP contribution in [-0.2, 0) is 9.47 Å². The van der Waals surface area contributed by atoms with E-state index in [2.05, 4.69) is 12.2 Å². The van der Waals surface area contributed by atoms with Gasteiger partial charge >= 0.3 is 0 Å². The Labute approximate surface area is 111 Å². The maximum absolute atomic E-state index is 6.50. The van der Waals surface area contributed by atoms with Crippen molar-refractivity contribution < 1.29 is 9.47 Å². The first-order valence-electron chi connectivity index (χ1n) is 7.76. The van der Waals surface area contributed by atoms with Gasteiger partial charge < -0.3 is 14.8 Å². The summed E-state index contributed by atoms with van der Waals surface area (Å²) in [7, 11) is 0. The number of rotatable bonds is 2. The second-order valence-electron chi connectivity index (χ2n) is 6.58. The maximum atomic E-state index is 6.50. The summed E-state index contributed by atoms with van der Waals surface area (Å²) >= 11 is 0. The van der Waals surface area contributed by atoms with Gasteiger partial charge in [-0.05, 0) is 19.3 Å². The van der Waals surface area contributed by atoms with Gasteiger partial charge in [0.2, 0.25) is 0 Å². The molecule has 3 aliphatic rings. The molecule has 3 atom stereocenters. The minimum absolute atomic E-state index is 0.0686. The van der Waals surface area contributed by atoms with Crippen molar-refractivity contribution in [2.75, 3.05) is 19.7 Å². The van der Waals surface area contributed by atoms with Crippen molar-refractivity contribution in [3.8, 4) is 0 Å². The van der Waals surface area contributed by atoms with E-state index in [0.29, 0.717) is 12.2 Å². The predicted molar refractivity (Wildman–Crippen MR) is 71.7 cm³/mol. The van der Waals surface area contributed by atoms with Gasteiger partial charge in [0.25, 0.3) is 0 Å². The second kappa shape index (κ2) is 5.48. The lowest BCUT2D eigenvalue weighted by Crippen LogP contribution is -2.57. The molecule has 18 heavy (non-hydrogen) atoms. The van der Waals surface area contributed by atoms with E-state index < -0.39 is 0 Å². The Bertz CT molecular complexity index is 274. The Morgan fingerprint density at radius 3 is 2.89 bits per heavy atom. The summed E-state index contributed by atoms with van der Waals surface area (Å²) in [5.41, 5.74) is 0.0686. The highest BCUT2D eigenvalue weighted by atomic mass is 16.5. The van der Waals surface area contributed by atoms with Crippen LogP contribution in [0.3, 0.4) is 0 Å². The summed E-state index contributed by atoms with van der Waals surface area (Å²) < 4.78 is 12.2. The van der Waals surface area contributed by atoms with Crippen LogP contribution in [0, 0.1) is 5.92 Å². The topological polar surface area (TPSA) is 30.5 Å². The van der Waals surface area contributed by atoms with Crippen molar-refractivity contribution in [1.82, 2.24) is 5.32 Å². The normalized spacial score (nSPS) is 42.5. The first kappa shape index (κ1) is 12.9. The van der Waals surface area contributed by atoms with Crippen molar-refractivity contribution in [2.45, 2.75) is 69.7 Å². The van der Waals surface area contributed by atoms with Crippen molar-refractivity contribution in [3.63, 3.8) is 0 Å². The lowest BCUT2D eigenvalue weighted by atomic mass is 9.88. The molecule has 1 N–H and O–H groups in total. The Morgan fingerprint density at radius 1 is 1.28 bits per heavy atom. The van der Waals surface area contributed by atoms with E-state index in [9.17, 15) is 0 Å². The molecular weight excluding hydrogens is 226 g/mol. The van der Waals surface area contributed by atoms with E-state index in [1.807, 2.05) is 0 Å². The molecule has 3 rings (SSSR count). The Kier molecular flexibility index (Phi) is 3.92. The molecule has 3 nitrogen and oxygen atoms in total. The highest BCUT2D eigenvalue weighted by molar-refractivity contribution is 4.93. The highest BCUT2D eigenvalue weighted by Crippen LogP contribution is 2.35. The first-order chi connectivity index (χ1) is 8.76. The van der Waals surface area contributed by atoms with E-state index in [0.717, 1.165) is 38.5 Å². The number of ether oxygens (including phenoxy) is 2. The molecule has 2 heterocycles. The van der Waals surface area contributed by atoms with Crippen LogP contribution in [0.1, 0.15) is 51.9 Å². The number of hydrogen-bond donors (Lipinski definition) is 1. The third-order valence-corrected chi connectivity index (χ3v) is 4.93. The fourth-order valence-corrected chi connectivity index (χ4v) is 4.05. The fraction of sp³-hybridized carbons (Fsp3) is 1.00. The Hall–Kier alpha value is -0.120. The third kappa shape index (κ3) is 2.89. The molecule has 1 spiro atoms. The molecule has 0 aromatic rings. The molecule has 1 saturated carbocycles. The minimum atomic E-state index is 0.0686. The molecule has 3 unspecified atom stereocenters. The molecule has 0 bridgehead atoms. The zero-order valence-corrected chi connectivity index (χ0v) is 11.6. The summed E-state index contributed by atoms with van der Waals surface area (Å²) in [6.45, 7) is 5.10. The molecule has 0 radical (unpaired) electrons. The van der Waals surface area contributed by atoms with E-state index in [4.69, 9.17) is 9.47 Å². The molecule has 0 aromatic heterocycles. The predicted octanol–water partition coefficient (Wildman–Crippen LogP) is 2.49.